The van der Waals surface area contributed by atoms with Crippen molar-refractivity contribution >= 4 is 0 Å². The molecule has 3 nitrogen and oxygen atoms in total. The van der Waals surface area contributed by atoms with Gasteiger partial charge in [-0.05, 0) is 31.4 Å². The van der Waals surface area contributed by atoms with Crippen molar-refractivity contribution in [3.8, 4) is 5.75 Å². The lowest BCUT2D eigenvalue weighted by Gasteiger charge is -2.31. The first-order valence-corrected chi connectivity index (χ1v) is 9.33. The minimum absolute atomic E-state index is 0.606. The maximum atomic E-state index is 5.89. The van der Waals surface area contributed by atoms with Gasteiger partial charge in [-0.15, -0.1) is 6.58 Å². The summed E-state index contributed by atoms with van der Waals surface area (Å²) in [6.07, 6.45) is 4.13. The topological polar surface area (TPSA) is 22.9 Å². The zero-order valence-electron chi connectivity index (χ0n) is 15.6. The van der Waals surface area contributed by atoms with E-state index in [1.807, 2.05) is 6.08 Å². The van der Waals surface area contributed by atoms with Gasteiger partial charge in [0.25, 0.3) is 0 Å². The SMILES string of the molecule is C=CCc1cc(C)ccc1OCCOCC[NH+]1C[C@H](C)C[C@@H](C)C1. The molecule has 1 fully saturated rings. The summed E-state index contributed by atoms with van der Waals surface area (Å²) in [4.78, 5) is 1.69. The average Bonchev–Trinajstić information content (AvgIpc) is 2.52. The molecule has 1 aromatic rings. The van der Waals surface area contributed by atoms with Gasteiger partial charge in [-0.3, -0.25) is 0 Å². The molecule has 0 aromatic heterocycles. The van der Waals surface area contributed by atoms with Crippen LogP contribution in [-0.4, -0.2) is 39.5 Å². The quantitative estimate of drug-likeness (QED) is 0.555. The number of rotatable bonds is 9. The number of hydrogen-bond donors (Lipinski definition) is 1. The van der Waals surface area contributed by atoms with Crippen molar-refractivity contribution in [3.63, 3.8) is 0 Å². The largest absolute Gasteiger partial charge is 0.491 e. The van der Waals surface area contributed by atoms with E-state index in [2.05, 4.69) is 45.5 Å². The van der Waals surface area contributed by atoms with Gasteiger partial charge in [-0.2, -0.15) is 0 Å². The molecule has 0 aliphatic carbocycles. The number of benzene rings is 1. The molecule has 2 rings (SSSR count). The molecule has 1 saturated heterocycles. The second-order valence-electron chi connectivity index (χ2n) is 7.42. The van der Waals surface area contributed by atoms with Crippen molar-refractivity contribution in [1.82, 2.24) is 0 Å². The first-order valence-electron chi connectivity index (χ1n) is 9.33. The van der Waals surface area contributed by atoms with Crippen LogP contribution in [0.5, 0.6) is 5.75 Å². The Bertz CT molecular complexity index is 505. The molecule has 1 heterocycles. The lowest BCUT2D eigenvalue weighted by Crippen LogP contribution is -3.14. The number of piperidine rings is 1. The molecule has 3 heteroatoms. The van der Waals surface area contributed by atoms with E-state index in [4.69, 9.17) is 9.47 Å². The summed E-state index contributed by atoms with van der Waals surface area (Å²) < 4.78 is 11.7. The van der Waals surface area contributed by atoms with Gasteiger partial charge in [0.1, 0.15) is 18.9 Å². The van der Waals surface area contributed by atoms with Gasteiger partial charge in [0, 0.05) is 11.8 Å². The molecular formula is C21H34NO2+. The van der Waals surface area contributed by atoms with E-state index in [9.17, 15) is 0 Å². The smallest absolute Gasteiger partial charge is 0.122 e. The third kappa shape index (κ3) is 6.29. The number of aryl methyl sites for hydroxylation is 1. The summed E-state index contributed by atoms with van der Waals surface area (Å²) in [6, 6.07) is 6.31. The van der Waals surface area contributed by atoms with E-state index in [1.54, 1.807) is 4.90 Å². The van der Waals surface area contributed by atoms with Gasteiger partial charge in [0.2, 0.25) is 0 Å². The van der Waals surface area contributed by atoms with Crippen LogP contribution in [-0.2, 0) is 11.2 Å². The summed E-state index contributed by atoms with van der Waals surface area (Å²) in [6.45, 7) is 16.4. The first kappa shape index (κ1) is 19.0. The Hall–Kier alpha value is -1.32. The van der Waals surface area contributed by atoms with Gasteiger partial charge in [-0.1, -0.05) is 37.6 Å². The summed E-state index contributed by atoms with van der Waals surface area (Å²) in [5.41, 5.74) is 2.45. The van der Waals surface area contributed by atoms with Crippen LogP contribution in [0.2, 0.25) is 0 Å². The van der Waals surface area contributed by atoms with E-state index in [0.717, 1.165) is 37.2 Å². The molecule has 0 bridgehead atoms. The van der Waals surface area contributed by atoms with Gasteiger partial charge < -0.3 is 14.4 Å². The Morgan fingerprint density at radius 1 is 1.17 bits per heavy atom. The third-order valence-corrected chi connectivity index (χ3v) is 4.74. The van der Waals surface area contributed by atoms with Crippen LogP contribution in [0, 0.1) is 18.8 Å². The summed E-state index contributed by atoms with van der Waals surface area (Å²) in [7, 11) is 0. The van der Waals surface area contributed by atoms with Crippen molar-refractivity contribution < 1.29 is 14.4 Å². The van der Waals surface area contributed by atoms with Crippen LogP contribution >= 0.6 is 0 Å². The maximum absolute atomic E-state index is 5.89. The second kappa shape index (κ2) is 9.85. The number of ether oxygens (including phenoxy) is 2. The van der Waals surface area contributed by atoms with E-state index in [-0.39, 0.29) is 0 Å². The van der Waals surface area contributed by atoms with Crippen LogP contribution in [0.1, 0.15) is 31.4 Å². The van der Waals surface area contributed by atoms with Gasteiger partial charge in [0.15, 0.2) is 0 Å². The summed E-state index contributed by atoms with van der Waals surface area (Å²) in [5, 5.41) is 0. The van der Waals surface area contributed by atoms with Crippen LogP contribution in [0.15, 0.2) is 30.9 Å². The average molecular weight is 333 g/mol. The molecular weight excluding hydrogens is 298 g/mol. The second-order valence-corrected chi connectivity index (χ2v) is 7.42. The molecule has 1 aliphatic rings. The fourth-order valence-electron chi connectivity index (χ4n) is 3.82. The first-order chi connectivity index (χ1) is 11.6. The van der Waals surface area contributed by atoms with Crippen molar-refractivity contribution in [2.75, 3.05) is 39.5 Å². The van der Waals surface area contributed by atoms with Gasteiger partial charge in [-0.25, -0.2) is 0 Å². The maximum Gasteiger partial charge on any atom is 0.122 e. The Morgan fingerprint density at radius 2 is 1.92 bits per heavy atom. The molecule has 0 unspecified atom stereocenters. The molecule has 134 valence electrons. The van der Waals surface area contributed by atoms with E-state index in [0.29, 0.717) is 13.2 Å². The van der Waals surface area contributed by atoms with Crippen molar-refractivity contribution in [2.45, 2.75) is 33.6 Å². The molecule has 0 saturated carbocycles. The van der Waals surface area contributed by atoms with Crippen molar-refractivity contribution in [1.29, 1.82) is 0 Å². The van der Waals surface area contributed by atoms with Crippen LogP contribution < -0.4 is 9.64 Å². The number of hydrogen-bond acceptors (Lipinski definition) is 2. The number of quaternary nitrogens is 1. The molecule has 2 atom stereocenters. The molecule has 1 aliphatic heterocycles. The minimum Gasteiger partial charge on any atom is -0.491 e. The molecule has 24 heavy (non-hydrogen) atoms. The molecule has 0 amide bonds. The van der Waals surface area contributed by atoms with E-state index < -0.39 is 0 Å². The Kier molecular flexibility index (Phi) is 7.80. The Labute approximate surface area is 147 Å². The minimum atomic E-state index is 0.606. The van der Waals surface area contributed by atoms with Crippen LogP contribution in [0.3, 0.4) is 0 Å². The zero-order valence-corrected chi connectivity index (χ0v) is 15.6. The summed E-state index contributed by atoms with van der Waals surface area (Å²) in [5.74, 6) is 2.64. The van der Waals surface area contributed by atoms with E-state index >= 15 is 0 Å². The van der Waals surface area contributed by atoms with Crippen molar-refractivity contribution in [2.24, 2.45) is 11.8 Å². The number of nitrogens with one attached hydrogen (secondary N) is 1. The van der Waals surface area contributed by atoms with Crippen molar-refractivity contribution in [3.05, 3.63) is 42.0 Å². The normalized spacial score (nSPS) is 23.9. The molecule has 1 aromatic carbocycles. The lowest BCUT2D eigenvalue weighted by molar-refractivity contribution is -0.912. The molecule has 0 radical (unpaired) electrons. The van der Waals surface area contributed by atoms with Gasteiger partial charge in [0.05, 0.1) is 26.3 Å². The standard InChI is InChI=1S/C21H33NO2/c1-5-6-20-14-17(2)7-8-21(20)24-12-11-23-10-9-22-15-18(3)13-19(4)16-22/h5,7-8,14,18-19H,1,6,9-13,15-16H2,2-4H3/p+1/t18-,19-/m1/s1. The highest BCUT2D eigenvalue weighted by molar-refractivity contribution is 5.38. The highest BCUT2D eigenvalue weighted by atomic mass is 16.5. The molecule has 1 N–H and O–H groups in total. The van der Waals surface area contributed by atoms with Crippen LogP contribution in [0.4, 0.5) is 0 Å². The number of likely N-dealkylation sites (tertiary alicyclic amines) is 1. The Morgan fingerprint density at radius 3 is 2.62 bits per heavy atom. The fourth-order valence-corrected chi connectivity index (χ4v) is 3.82. The lowest BCUT2D eigenvalue weighted by atomic mass is 9.92. The number of allylic oxidation sites excluding steroid dienone is 1. The highest BCUT2D eigenvalue weighted by Crippen LogP contribution is 2.20. The zero-order chi connectivity index (χ0) is 17.4. The predicted molar refractivity (Wildman–Crippen MR) is 99.9 cm³/mol. The predicted octanol–water partition coefficient (Wildman–Crippen LogP) is 2.68. The highest BCUT2D eigenvalue weighted by Gasteiger charge is 2.24. The third-order valence-electron chi connectivity index (χ3n) is 4.74. The summed E-state index contributed by atoms with van der Waals surface area (Å²) >= 11 is 0. The monoisotopic (exact) mass is 332 g/mol. The molecule has 0 spiro atoms. The fraction of sp³-hybridized carbons (Fsp3) is 0.619. The van der Waals surface area contributed by atoms with Gasteiger partial charge >= 0.3 is 0 Å². The Balaban J connectivity index is 1.64. The van der Waals surface area contributed by atoms with Crippen LogP contribution in [0.25, 0.3) is 0 Å². The van der Waals surface area contributed by atoms with E-state index in [1.165, 1.54) is 30.6 Å².